The Labute approximate surface area is 164 Å². The molecule has 2 N–H and O–H groups in total. The highest BCUT2D eigenvalue weighted by atomic mass is 32.2. The maximum atomic E-state index is 13.4. The van der Waals surface area contributed by atoms with Gasteiger partial charge >= 0.3 is 0 Å². The van der Waals surface area contributed by atoms with Crippen LogP contribution in [0.5, 0.6) is 0 Å². The first kappa shape index (κ1) is 18.9. The average molecular weight is 401 g/mol. The summed E-state index contributed by atoms with van der Waals surface area (Å²) in [6.45, 7) is 6.68. The van der Waals surface area contributed by atoms with Gasteiger partial charge in [0.1, 0.15) is 0 Å². The molecular weight excluding hydrogens is 376 g/mol. The van der Waals surface area contributed by atoms with Crippen molar-refractivity contribution in [2.24, 2.45) is 0 Å². The minimum atomic E-state index is -3.50. The first-order chi connectivity index (χ1) is 13.3. The van der Waals surface area contributed by atoms with Crippen molar-refractivity contribution in [1.82, 2.24) is 15.2 Å². The molecule has 2 aromatic heterocycles. The Bertz CT molecular complexity index is 1130. The van der Waals surface area contributed by atoms with E-state index in [1.165, 1.54) is 0 Å². The molecule has 1 aliphatic rings. The number of anilines is 2. The van der Waals surface area contributed by atoms with Crippen LogP contribution in [0.2, 0.25) is 0 Å². The molecule has 4 rings (SSSR count). The topological polar surface area (TPSA) is 97.0 Å². The Morgan fingerprint density at radius 3 is 2.61 bits per heavy atom. The minimum Gasteiger partial charge on any atom is -0.381 e. The molecule has 1 aliphatic heterocycles. The zero-order valence-electron chi connectivity index (χ0n) is 16.2. The van der Waals surface area contributed by atoms with Gasteiger partial charge in [-0.1, -0.05) is 0 Å². The molecule has 1 fully saturated rings. The Morgan fingerprint density at radius 1 is 1.18 bits per heavy atom. The normalized spacial score (nSPS) is 17.0. The van der Waals surface area contributed by atoms with Crippen molar-refractivity contribution in [1.29, 1.82) is 0 Å². The maximum Gasteiger partial charge on any atom is 0.183 e. The number of aromatic amines is 1. The summed E-state index contributed by atoms with van der Waals surface area (Å²) in [5.41, 5.74) is 3.50. The van der Waals surface area contributed by atoms with Gasteiger partial charge < -0.3 is 10.1 Å². The van der Waals surface area contributed by atoms with E-state index < -0.39 is 14.6 Å². The number of pyridine rings is 1. The van der Waals surface area contributed by atoms with Crippen molar-refractivity contribution in [3.8, 4) is 0 Å². The summed E-state index contributed by atoms with van der Waals surface area (Å²) in [6, 6.07) is 6.96. The van der Waals surface area contributed by atoms with Crippen LogP contribution >= 0.6 is 0 Å². The molecule has 0 bridgehead atoms. The number of hydrogen-bond acceptors (Lipinski definition) is 6. The summed E-state index contributed by atoms with van der Waals surface area (Å²) in [5, 5.41) is 11.3. The van der Waals surface area contributed by atoms with E-state index >= 15 is 0 Å². The lowest BCUT2D eigenvalue weighted by Gasteiger charge is -2.33. The van der Waals surface area contributed by atoms with Gasteiger partial charge in [-0.2, -0.15) is 5.10 Å². The molecule has 0 amide bonds. The summed E-state index contributed by atoms with van der Waals surface area (Å²) in [4.78, 5) is 4.70. The van der Waals surface area contributed by atoms with Crippen LogP contribution in [-0.2, 0) is 14.6 Å². The Morgan fingerprint density at radius 2 is 1.93 bits per heavy atom. The maximum absolute atomic E-state index is 13.4. The quantitative estimate of drug-likeness (QED) is 0.694. The van der Waals surface area contributed by atoms with Crippen LogP contribution in [0.3, 0.4) is 0 Å². The van der Waals surface area contributed by atoms with Gasteiger partial charge in [-0.05, 0) is 57.9 Å². The monoisotopic (exact) mass is 400 g/mol. The lowest BCUT2D eigenvalue weighted by atomic mass is 10.0. The largest absolute Gasteiger partial charge is 0.381 e. The molecule has 7 nitrogen and oxygen atoms in total. The molecule has 1 saturated heterocycles. The van der Waals surface area contributed by atoms with E-state index in [1.54, 1.807) is 24.4 Å². The number of benzene rings is 1. The van der Waals surface area contributed by atoms with Gasteiger partial charge in [-0.15, -0.1) is 0 Å². The number of aryl methyl sites for hydroxylation is 1. The Balaban J connectivity index is 1.79. The third-order valence-corrected chi connectivity index (χ3v) is 8.31. The predicted octanol–water partition coefficient (Wildman–Crippen LogP) is 3.66. The van der Waals surface area contributed by atoms with E-state index in [4.69, 9.17) is 4.74 Å². The Hall–Kier alpha value is -2.45. The number of nitrogens with zero attached hydrogens (tertiary/aromatic N) is 2. The molecule has 3 aromatic rings. The second kappa shape index (κ2) is 6.86. The van der Waals surface area contributed by atoms with E-state index in [9.17, 15) is 8.42 Å². The van der Waals surface area contributed by atoms with Crippen LogP contribution in [-0.4, -0.2) is 41.6 Å². The highest BCUT2D eigenvalue weighted by molar-refractivity contribution is 7.92. The zero-order chi connectivity index (χ0) is 19.9. The number of aromatic nitrogens is 3. The molecule has 0 atom stereocenters. The summed E-state index contributed by atoms with van der Waals surface area (Å²) < 4.78 is 31.3. The number of ether oxygens (including phenoxy) is 1. The fourth-order valence-electron chi connectivity index (χ4n) is 3.49. The van der Waals surface area contributed by atoms with Gasteiger partial charge in [0.2, 0.25) is 0 Å². The SMILES string of the molecule is Cc1[nH]nc(Nc2ccnc3ccc(S(=O)(=O)C4(C)CCOCC4)cc23)c1C. The lowest BCUT2D eigenvalue weighted by Crippen LogP contribution is -2.41. The molecule has 8 heteroatoms. The molecule has 148 valence electrons. The van der Waals surface area contributed by atoms with Gasteiger partial charge in [0.25, 0.3) is 0 Å². The molecule has 0 spiro atoms. The minimum absolute atomic E-state index is 0.315. The van der Waals surface area contributed by atoms with Crippen LogP contribution in [0, 0.1) is 13.8 Å². The second-order valence-corrected chi connectivity index (χ2v) is 10.0. The van der Waals surface area contributed by atoms with E-state index in [0.717, 1.165) is 33.7 Å². The molecule has 0 radical (unpaired) electrons. The Kier molecular flexibility index (Phi) is 4.63. The molecule has 0 unspecified atom stereocenters. The van der Waals surface area contributed by atoms with Gasteiger partial charge in [-0.3, -0.25) is 10.1 Å². The molecule has 0 saturated carbocycles. The van der Waals surface area contributed by atoms with Gasteiger partial charge in [0, 0.05) is 36.1 Å². The molecule has 1 aromatic carbocycles. The average Bonchev–Trinajstić information content (AvgIpc) is 3.00. The lowest BCUT2D eigenvalue weighted by molar-refractivity contribution is 0.0789. The third kappa shape index (κ3) is 3.06. The third-order valence-electron chi connectivity index (χ3n) is 5.73. The van der Waals surface area contributed by atoms with Gasteiger partial charge in [-0.25, -0.2) is 8.42 Å². The van der Waals surface area contributed by atoms with Crippen molar-refractivity contribution in [3.63, 3.8) is 0 Å². The summed E-state index contributed by atoms with van der Waals surface area (Å²) in [6.07, 6.45) is 2.70. The molecule has 0 aliphatic carbocycles. The van der Waals surface area contributed by atoms with Gasteiger partial charge in [0.05, 0.1) is 20.8 Å². The first-order valence-corrected chi connectivity index (χ1v) is 10.8. The number of rotatable bonds is 4. The standard InChI is InChI=1S/C20H24N4O3S/c1-13-14(2)23-24-19(13)22-18-6-9-21-17-5-4-15(12-16(17)18)28(25,26)20(3)7-10-27-11-8-20/h4-6,9,12H,7-8,10-11H2,1-3H3,(H2,21,22,23,24). The number of nitrogens with one attached hydrogen (secondary N) is 2. The fraction of sp³-hybridized carbons (Fsp3) is 0.400. The highest BCUT2D eigenvalue weighted by Crippen LogP contribution is 2.36. The second-order valence-electron chi connectivity index (χ2n) is 7.55. The summed E-state index contributed by atoms with van der Waals surface area (Å²) >= 11 is 0. The number of hydrogen-bond donors (Lipinski definition) is 2. The van der Waals surface area contributed by atoms with E-state index in [2.05, 4.69) is 20.5 Å². The van der Waals surface area contributed by atoms with Crippen LogP contribution in [0.1, 0.15) is 31.0 Å². The zero-order valence-corrected chi connectivity index (χ0v) is 17.1. The molecule has 28 heavy (non-hydrogen) atoms. The van der Waals surface area contributed by atoms with Gasteiger partial charge in [0.15, 0.2) is 15.7 Å². The predicted molar refractivity (Wildman–Crippen MR) is 109 cm³/mol. The summed E-state index contributed by atoms with van der Waals surface area (Å²) in [5.74, 6) is 0.717. The van der Waals surface area contributed by atoms with Crippen LogP contribution in [0.15, 0.2) is 35.4 Å². The molecular formula is C20H24N4O3S. The van der Waals surface area contributed by atoms with Crippen molar-refractivity contribution in [2.45, 2.75) is 43.3 Å². The van der Waals surface area contributed by atoms with E-state index in [1.807, 2.05) is 26.8 Å². The highest BCUT2D eigenvalue weighted by Gasteiger charge is 2.41. The smallest absolute Gasteiger partial charge is 0.183 e. The van der Waals surface area contributed by atoms with Crippen molar-refractivity contribution in [2.75, 3.05) is 18.5 Å². The first-order valence-electron chi connectivity index (χ1n) is 9.32. The number of sulfone groups is 1. The van der Waals surface area contributed by atoms with Crippen molar-refractivity contribution >= 4 is 32.2 Å². The summed E-state index contributed by atoms with van der Waals surface area (Å²) in [7, 11) is -3.50. The number of fused-ring (bicyclic) bond motifs is 1. The fourth-order valence-corrected chi connectivity index (χ4v) is 5.29. The van der Waals surface area contributed by atoms with E-state index in [-0.39, 0.29) is 0 Å². The van der Waals surface area contributed by atoms with Crippen molar-refractivity contribution < 1.29 is 13.2 Å². The van der Waals surface area contributed by atoms with Crippen LogP contribution in [0.4, 0.5) is 11.5 Å². The van der Waals surface area contributed by atoms with E-state index in [0.29, 0.717) is 31.0 Å². The van der Waals surface area contributed by atoms with Crippen LogP contribution < -0.4 is 5.32 Å². The van der Waals surface area contributed by atoms with Crippen LogP contribution in [0.25, 0.3) is 10.9 Å². The van der Waals surface area contributed by atoms with Crippen molar-refractivity contribution in [3.05, 3.63) is 41.7 Å². The molecule has 3 heterocycles. The number of H-pyrrole nitrogens is 1.